The van der Waals surface area contributed by atoms with Crippen molar-refractivity contribution in [3.63, 3.8) is 0 Å². The second-order valence-electron chi connectivity index (χ2n) is 6.96. The molecule has 150 valence electrons. The number of benzene rings is 2. The molecule has 5 nitrogen and oxygen atoms in total. The Morgan fingerprint density at radius 3 is 2.43 bits per heavy atom. The molecule has 2 N–H and O–H groups in total. The van der Waals surface area contributed by atoms with Crippen molar-refractivity contribution in [2.75, 3.05) is 45.7 Å². The van der Waals surface area contributed by atoms with Crippen molar-refractivity contribution in [1.29, 1.82) is 0 Å². The predicted octanol–water partition coefficient (Wildman–Crippen LogP) is 2.25. The summed E-state index contributed by atoms with van der Waals surface area (Å²) in [7, 11) is 3.31. The fourth-order valence-electron chi connectivity index (χ4n) is 3.44. The molecule has 2 aromatic carbocycles. The number of piperazine rings is 1. The fraction of sp³-hybridized carbons (Fsp3) is 0.381. The third kappa shape index (κ3) is 4.72. The summed E-state index contributed by atoms with van der Waals surface area (Å²) in [5.41, 5.74) is 2.88. The molecule has 2 aromatic rings. The first kappa shape index (κ1) is 20.4. The highest BCUT2D eigenvalue weighted by molar-refractivity contribution is 7.80. The Labute approximate surface area is 171 Å². The van der Waals surface area contributed by atoms with Gasteiger partial charge in [-0.25, -0.2) is 4.39 Å². The highest BCUT2D eigenvalue weighted by Gasteiger charge is 2.23. The highest BCUT2D eigenvalue weighted by atomic mass is 32.1. The van der Waals surface area contributed by atoms with Gasteiger partial charge in [0.2, 0.25) is 0 Å². The summed E-state index contributed by atoms with van der Waals surface area (Å²) in [5, 5.41) is 3.60. The van der Waals surface area contributed by atoms with Crippen LogP contribution in [0.25, 0.3) is 0 Å². The van der Waals surface area contributed by atoms with E-state index in [2.05, 4.69) is 23.2 Å². The summed E-state index contributed by atoms with van der Waals surface area (Å²) >= 11 is 5.47. The van der Waals surface area contributed by atoms with E-state index in [-0.39, 0.29) is 5.82 Å². The SMILES string of the molecule is COc1cc(C)c(C[NH+]2CCN(C(=S)Nc3ccccc3F)CC2)cc1OC. The van der Waals surface area contributed by atoms with Crippen molar-refractivity contribution in [2.24, 2.45) is 0 Å². The lowest BCUT2D eigenvalue weighted by molar-refractivity contribution is -0.917. The molecule has 0 aromatic heterocycles. The summed E-state index contributed by atoms with van der Waals surface area (Å²) < 4.78 is 24.6. The Bertz CT molecular complexity index is 838. The van der Waals surface area contributed by atoms with Gasteiger partial charge in [-0.05, 0) is 49.0 Å². The largest absolute Gasteiger partial charge is 0.493 e. The molecule has 0 atom stereocenters. The van der Waals surface area contributed by atoms with Crippen LogP contribution in [0.3, 0.4) is 0 Å². The van der Waals surface area contributed by atoms with E-state index in [1.807, 2.05) is 6.07 Å². The summed E-state index contributed by atoms with van der Waals surface area (Å²) in [5.74, 6) is 1.22. The first-order chi connectivity index (χ1) is 13.5. The van der Waals surface area contributed by atoms with Gasteiger partial charge in [0, 0.05) is 5.56 Å². The van der Waals surface area contributed by atoms with E-state index in [9.17, 15) is 4.39 Å². The average Bonchev–Trinajstić information content (AvgIpc) is 2.71. The van der Waals surface area contributed by atoms with Gasteiger partial charge in [-0.1, -0.05) is 12.1 Å². The number of ether oxygens (including phenoxy) is 2. The molecule has 0 amide bonds. The van der Waals surface area contributed by atoms with E-state index in [0.29, 0.717) is 10.8 Å². The highest BCUT2D eigenvalue weighted by Crippen LogP contribution is 2.29. The number of quaternary nitrogens is 1. The van der Waals surface area contributed by atoms with E-state index in [1.165, 1.54) is 22.1 Å². The van der Waals surface area contributed by atoms with E-state index in [4.69, 9.17) is 21.7 Å². The molecule has 1 heterocycles. The van der Waals surface area contributed by atoms with Crippen LogP contribution in [0.1, 0.15) is 11.1 Å². The molecular formula is C21H27FN3O2S+. The van der Waals surface area contributed by atoms with Crippen LogP contribution in [-0.4, -0.2) is 50.4 Å². The topological polar surface area (TPSA) is 38.2 Å². The number of rotatable bonds is 5. The summed E-state index contributed by atoms with van der Waals surface area (Å²) in [4.78, 5) is 3.59. The molecule has 7 heteroatoms. The standard InChI is InChI=1S/C21H26FN3O2S/c1-15-12-19(26-2)20(27-3)13-16(15)14-24-8-10-25(11-9-24)21(28)23-18-7-5-4-6-17(18)22/h4-7,12-13H,8-11,14H2,1-3H3,(H,23,28)/p+1. The van der Waals surface area contributed by atoms with E-state index in [1.54, 1.807) is 32.4 Å². The molecule has 1 aliphatic heterocycles. The van der Waals surface area contributed by atoms with Gasteiger partial charge in [-0.3, -0.25) is 0 Å². The monoisotopic (exact) mass is 404 g/mol. The predicted molar refractivity (Wildman–Crippen MR) is 113 cm³/mol. The lowest BCUT2D eigenvalue weighted by Crippen LogP contribution is -3.13. The van der Waals surface area contributed by atoms with Crippen molar-refractivity contribution in [3.8, 4) is 11.5 Å². The molecule has 1 saturated heterocycles. The number of hydrogen-bond donors (Lipinski definition) is 2. The molecule has 0 saturated carbocycles. The lowest BCUT2D eigenvalue weighted by Gasteiger charge is -2.34. The normalized spacial score (nSPS) is 14.6. The molecule has 0 unspecified atom stereocenters. The lowest BCUT2D eigenvalue weighted by atomic mass is 10.1. The van der Waals surface area contributed by atoms with Crippen LogP contribution in [0, 0.1) is 12.7 Å². The number of para-hydroxylation sites is 1. The number of aryl methyl sites for hydroxylation is 1. The average molecular weight is 405 g/mol. The third-order valence-corrected chi connectivity index (χ3v) is 5.52. The van der Waals surface area contributed by atoms with Crippen molar-refractivity contribution in [1.82, 2.24) is 4.90 Å². The number of nitrogens with one attached hydrogen (secondary N) is 2. The summed E-state index contributed by atoms with van der Waals surface area (Å²) in [6.07, 6.45) is 0. The minimum absolute atomic E-state index is 0.293. The van der Waals surface area contributed by atoms with Gasteiger partial charge in [0.15, 0.2) is 16.6 Å². The Morgan fingerprint density at radius 1 is 1.14 bits per heavy atom. The first-order valence-corrected chi connectivity index (χ1v) is 9.78. The number of anilines is 1. The fourth-order valence-corrected chi connectivity index (χ4v) is 3.73. The summed E-state index contributed by atoms with van der Waals surface area (Å²) in [6, 6.07) is 10.7. The van der Waals surface area contributed by atoms with Gasteiger partial charge in [0.1, 0.15) is 12.4 Å². The number of thiocarbonyl (C=S) groups is 1. The Morgan fingerprint density at radius 2 is 1.79 bits per heavy atom. The molecule has 1 aliphatic rings. The van der Waals surface area contributed by atoms with Crippen LogP contribution < -0.4 is 19.7 Å². The number of methoxy groups -OCH3 is 2. The van der Waals surface area contributed by atoms with Crippen LogP contribution >= 0.6 is 12.2 Å². The summed E-state index contributed by atoms with van der Waals surface area (Å²) in [6.45, 7) is 6.62. The van der Waals surface area contributed by atoms with E-state index >= 15 is 0 Å². The third-order valence-electron chi connectivity index (χ3n) is 5.16. The van der Waals surface area contributed by atoms with Gasteiger partial charge >= 0.3 is 0 Å². The van der Waals surface area contributed by atoms with Crippen LogP contribution in [0.5, 0.6) is 11.5 Å². The van der Waals surface area contributed by atoms with Crippen LogP contribution in [0.15, 0.2) is 36.4 Å². The van der Waals surface area contributed by atoms with E-state index < -0.39 is 0 Å². The zero-order valence-corrected chi connectivity index (χ0v) is 17.4. The maximum absolute atomic E-state index is 13.8. The molecule has 0 spiro atoms. The smallest absolute Gasteiger partial charge is 0.173 e. The quantitative estimate of drug-likeness (QED) is 0.748. The molecule has 28 heavy (non-hydrogen) atoms. The zero-order valence-electron chi connectivity index (χ0n) is 16.5. The van der Waals surface area contributed by atoms with Crippen molar-refractivity contribution < 1.29 is 18.8 Å². The minimum atomic E-state index is -0.293. The van der Waals surface area contributed by atoms with Gasteiger partial charge in [-0.15, -0.1) is 0 Å². The van der Waals surface area contributed by atoms with Gasteiger partial charge < -0.3 is 24.6 Å². The zero-order chi connectivity index (χ0) is 20.1. The van der Waals surface area contributed by atoms with Crippen molar-refractivity contribution in [3.05, 3.63) is 53.3 Å². The van der Waals surface area contributed by atoms with Gasteiger partial charge in [0.05, 0.1) is 46.1 Å². The molecule has 3 rings (SSSR count). The second kappa shape index (κ2) is 9.21. The van der Waals surface area contributed by atoms with Crippen LogP contribution in [0.2, 0.25) is 0 Å². The van der Waals surface area contributed by atoms with Gasteiger partial charge in [-0.2, -0.15) is 0 Å². The first-order valence-electron chi connectivity index (χ1n) is 9.37. The minimum Gasteiger partial charge on any atom is -0.493 e. The Kier molecular flexibility index (Phi) is 6.70. The number of nitrogens with zero attached hydrogens (tertiary/aromatic N) is 1. The maximum atomic E-state index is 13.8. The van der Waals surface area contributed by atoms with Gasteiger partial charge in [0.25, 0.3) is 0 Å². The van der Waals surface area contributed by atoms with Crippen LogP contribution in [0.4, 0.5) is 10.1 Å². The van der Waals surface area contributed by atoms with E-state index in [0.717, 1.165) is 44.2 Å². The van der Waals surface area contributed by atoms with Crippen molar-refractivity contribution >= 4 is 23.0 Å². The number of hydrogen-bond acceptors (Lipinski definition) is 3. The Balaban J connectivity index is 1.57. The second-order valence-corrected chi connectivity index (χ2v) is 7.34. The number of halogens is 1. The van der Waals surface area contributed by atoms with Crippen LogP contribution in [-0.2, 0) is 6.54 Å². The molecule has 1 fully saturated rings. The molecule has 0 aliphatic carbocycles. The van der Waals surface area contributed by atoms with Crippen molar-refractivity contribution in [2.45, 2.75) is 13.5 Å². The Hall–Kier alpha value is -2.38. The molecule has 0 bridgehead atoms. The molecular weight excluding hydrogens is 377 g/mol. The maximum Gasteiger partial charge on any atom is 0.173 e. The molecule has 0 radical (unpaired) electrons.